The van der Waals surface area contributed by atoms with Gasteiger partial charge in [-0.25, -0.2) is 9.97 Å². The molecule has 0 aliphatic rings. The van der Waals surface area contributed by atoms with Crippen molar-refractivity contribution < 1.29 is 4.79 Å². The van der Waals surface area contributed by atoms with Crippen LogP contribution in [0.15, 0.2) is 36.9 Å². The van der Waals surface area contributed by atoms with Gasteiger partial charge in [0.15, 0.2) is 0 Å². The summed E-state index contributed by atoms with van der Waals surface area (Å²) >= 11 is 0. The Balaban J connectivity index is 1.89. The van der Waals surface area contributed by atoms with Crippen LogP contribution in [-0.4, -0.2) is 41.0 Å². The minimum atomic E-state index is -0.183. The summed E-state index contributed by atoms with van der Waals surface area (Å²) in [6.07, 6.45) is 7.64. The number of nitrogens with zero attached hydrogens (tertiary/aromatic N) is 4. The van der Waals surface area contributed by atoms with E-state index < -0.39 is 0 Å². The summed E-state index contributed by atoms with van der Waals surface area (Å²) < 4.78 is 0. The van der Waals surface area contributed by atoms with Gasteiger partial charge in [-0.05, 0) is 30.0 Å². The molecule has 6 nitrogen and oxygen atoms in total. The van der Waals surface area contributed by atoms with E-state index >= 15 is 0 Å². The van der Waals surface area contributed by atoms with Crippen LogP contribution >= 0.6 is 0 Å². The molecule has 2 rings (SSSR count). The fourth-order valence-corrected chi connectivity index (χ4v) is 1.98. The summed E-state index contributed by atoms with van der Waals surface area (Å²) in [6, 6.07) is 4.00. The average Bonchev–Trinajstić information content (AvgIpc) is 2.58. The number of nitrogens with one attached hydrogen (secondary N) is 1. The molecule has 2 heterocycles. The van der Waals surface area contributed by atoms with Crippen LogP contribution in [0.2, 0.25) is 0 Å². The van der Waals surface area contributed by atoms with Crippen LogP contribution in [0, 0.1) is 5.92 Å². The molecule has 6 heteroatoms. The molecular weight excluding hydrogens is 290 g/mol. The van der Waals surface area contributed by atoms with Gasteiger partial charge in [0.25, 0.3) is 5.91 Å². The Bertz CT molecular complexity index is 613. The summed E-state index contributed by atoms with van der Waals surface area (Å²) in [5.74, 6) is 0.974. The van der Waals surface area contributed by atoms with E-state index in [1.807, 2.05) is 37.9 Å². The third kappa shape index (κ3) is 5.32. The fourth-order valence-electron chi connectivity index (χ4n) is 1.98. The standard InChI is InChI=1S/C17H23N5O/c1-13(2)10-21-17(23)15-11-20-16(12-19-15)22(3)9-6-14-4-7-18-8-5-14/h4-5,7-8,11-13H,6,9-10H2,1-3H3,(H,21,23). The predicted molar refractivity (Wildman–Crippen MR) is 90.4 cm³/mol. The monoisotopic (exact) mass is 313 g/mol. The molecule has 0 radical (unpaired) electrons. The van der Waals surface area contributed by atoms with Crippen molar-refractivity contribution in [3.63, 3.8) is 0 Å². The van der Waals surface area contributed by atoms with Crippen molar-refractivity contribution in [3.8, 4) is 0 Å². The molecule has 122 valence electrons. The van der Waals surface area contributed by atoms with Crippen molar-refractivity contribution in [2.24, 2.45) is 5.92 Å². The van der Waals surface area contributed by atoms with Crippen molar-refractivity contribution in [2.75, 3.05) is 25.0 Å². The van der Waals surface area contributed by atoms with Gasteiger partial charge >= 0.3 is 0 Å². The summed E-state index contributed by atoms with van der Waals surface area (Å²) in [6.45, 7) is 5.55. The largest absolute Gasteiger partial charge is 0.358 e. The number of carbonyl (C=O) groups is 1. The van der Waals surface area contributed by atoms with Crippen molar-refractivity contribution in [1.82, 2.24) is 20.3 Å². The molecule has 1 amide bonds. The van der Waals surface area contributed by atoms with Gasteiger partial charge < -0.3 is 10.2 Å². The maximum atomic E-state index is 11.9. The van der Waals surface area contributed by atoms with E-state index in [2.05, 4.69) is 20.3 Å². The Morgan fingerprint density at radius 3 is 2.57 bits per heavy atom. The fraction of sp³-hybridized carbons (Fsp3) is 0.412. The van der Waals surface area contributed by atoms with Crippen LogP contribution in [-0.2, 0) is 6.42 Å². The highest BCUT2D eigenvalue weighted by Crippen LogP contribution is 2.08. The number of anilines is 1. The van der Waals surface area contributed by atoms with Gasteiger partial charge in [-0.3, -0.25) is 9.78 Å². The Morgan fingerprint density at radius 2 is 1.96 bits per heavy atom. The summed E-state index contributed by atoms with van der Waals surface area (Å²) in [5.41, 5.74) is 1.57. The second-order valence-corrected chi connectivity index (χ2v) is 5.89. The highest BCUT2D eigenvalue weighted by Gasteiger charge is 2.10. The van der Waals surface area contributed by atoms with Crippen LogP contribution in [0.3, 0.4) is 0 Å². The highest BCUT2D eigenvalue weighted by molar-refractivity contribution is 5.91. The molecule has 23 heavy (non-hydrogen) atoms. The van der Waals surface area contributed by atoms with Gasteiger partial charge in [0, 0.05) is 32.5 Å². The molecule has 0 saturated carbocycles. The Kier molecular flexibility index (Phi) is 6.02. The lowest BCUT2D eigenvalue weighted by atomic mass is 10.2. The number of amides is 1. The molecule has 0 saturated heterocycles. The number of pyridine rings is 1. The third-order valence-electron chi connectivity index (χ3n) is 3.42. The molecule has 0 bridgehead atoms. The smallest absolute Gasteiger partial charge is 0.271 e. The zero-order chi connectivity index (χ0) is 16.7. The van der Waals surface area contributed by atoms with E-state index in [0.29, 0.717) is 18.2 Å². The first-order valence-electron chi connectivity index (χ1n) is 7.76. The van der Waals surface area contributed by atoms with Crippen molar-refractivity contribution in [2.45, 2.75) is 20.3 Å². The molecule has 0 aromatic carbocycles. The van der Waals surface area contributed by atoms with E-state index in [-0.39, 0.29) is 5.91 Å². The van der Waals surface area contributed by atoms with E-state index in [0.717, 1.165) is 18.8 Å². The second kappa shape index (κ2) is 8.22. The van der Waals surface area contributed by atoms with Gasteiger partial charge in [0.2, 0.25) is 0 Å². The van der Waals surface area contributed by atoms with Crippen LogP contribution in [0.4, 0.5) is 5.82 Å². The molecule has 0 aliphatic carbocycles. The van der Waals surface area contributed by atoms with E-state index in [4.69, 9.17) is 0 Å². The zero-order valence-electron chi connectivity index (χ0n) is 13.9. The van der Waals surface area contributed by atoms with Gasteiger partial charge in [0.1, 0.15) is 11.5 Å². The van der Waals surface area contributed by atoms with Crippen molar-refractivity contribution >= 4 is 11.7 Å². The molecule has 0 spiro atoms. The number of rotatable bonds is 7. The van der Waals surface area contributed by atoms with Crippen LogP contribution < -0.4 is 10.2 Å². The van der Waals surface area contributed by atoms with E-state index in [1.54, 1.807) is 18.6 Å². The Morgan fingerprint density at radius 1 is 1.22 bits per heavy atom. The van der Waals surface area contributed by atoms with Crippen molar-refractivity contribution in [1.29, 1.82) is 0 Å². The van der Waals surface area contributed by atoms with Gasteiger partial charge in [-0.2, -0.15) is 0 Å². The molecule has 0 fully saturated rings. The lowest BCUT2D eigenvalue weighted by Crippen LogP contribution is -2.28. The molecule has 0 aliphatic heterocycles. The molecule has 1 N–H and O–H groups in total. The molecule has 0 unspecified atom stereocenters. The van der Waals surface area contributed by atoms with Gasteiger partial charge in [0.05, 0.1) is 12.4 Å². The normalized spacial score (nSPS) is 10.6. The maximum Gasteiger partial charge on any atom is 0.271 e. The van der Waals surface area contributed by atoms with Gasteiger partial charge in [-0.15, -0.1) is 0 Å². The molecule has 2 aromatic rings. The first-order valence-corrected chi connectivity index (χ1v) is 7.76. The number of aromatic nitrogens is 3. The number of hydrogen-bond donors (Lipinski definition) is 1. The minimum Gasteiger partial charge on any atom is -0.358 e. The Labute approximate surface area is 137 Å². The number of likely N-dealkylation sites (N-methyl/N-ethyl adjacent to an activating group) is 1. The number of carbonyl (C=O) groups excluding carboxylic acids is 1. The third-order valence-corrected chi connectivity index (χ3v) is 3.42. The maximum absolute atomic E-state index is 11.9. The molecule has 2 aromatic heterocycles. The van der Waals surface area contributed by atoms with Crippen LogP contribution in [0.25, 0.3) is 0 Å². The van der Waals surface area contributed by atoms with Crippen molar-refractivity contribution in [3.05, 3.63) is 48.2 Å². The summed E-state index contributed by atoms with van der Waals surface area (Å²) in [7, 11) is 1.96. The quantitative estimate of drug-likeness (QED) is 0.846. The SMILES string of the molecule is CC(C)CNC(=O)c1cnc(N(C)CCc2ccncc2)cn1. The topological polar surface area (TPSA) is 71.0 Å². The summed E-state index contributed by atoms with van der Waals surface area (Å²) in [5, 5.41) is 2.83. The van der Waals surface area contributed by atoms with E-state index in [9.17, 15) is 4.79 Å². The average molecular weight is 313 g/mol. The first kappa shape index (κ1) is 16.9. The lowest BCUT2D eigenvalue weighted by Gasteiger charge is -2.17. The van der Waals surface area contributed by atoms with E-state index in [1.165, 1.54) is 11.8 Å². The minimum absolute atomic E-state index is 0.183. The molecular formula is C17H23N5O. The van der Waals surface area contributed by atoms with Gasteiger partial charge in [-0.1, -0.05) is 13.8 Å². The Hall–Kier alpha value is -2.50. The lowest BCUT2D eigenvalue weighted by molar-refractivity contribution is 0.0943. The highest BCUT2D eigenvalue weighted by atomic mass is 16.1. The van der Waals surface area contributed by atoms with Crippen LogP contribution in [0.5, 0.6) is 0 Å². The second-order valence-electron chi connectivity index (χ2n) is 5.89. The first-order chi connectivity index (χ1) is 11.1. The molecule has 0 atom stereocenters. The van der Waals surface area contributed by atoms with Crippen LogP contribution in [0.1, 0.15) is 29.9 Å². The zero-order valence-corrected chi connectivity index (χ0v) is 13.9. The predicted octanol–water partition coefficient (Wildman–Crippen LogP) is 1.94. The summed E-state index contributed by atoms with van der Waals surface area (Å²) in [4.78, 5) is 26.5. The number of hydrogen-bond acceptors (Lipinski definition) is 5.